The molecule has 4 atom stereocenters. The van der Waals surface area contributed by atoms with Crippen molar-refractivity contribution in [3.05, 3.63) is 88.2 Å². The molecule has 3 amide bonds. The van der Waals surface area contributed by atoms with Crippen molar-refractivity contribution in [3.8, 4) is 11.5 Å². The summed E-state index contributed by atoms with van der Waals surface area (Å²) in [5, 5.41) is 38.3. The number of cyclic esters (lactones) is 1. The molecule has 0 saturated carbocycles. The van der Waals surface area contributed by atoms with Crippen molar-refractivity contribution < 1.29 is 48.8 Å². The number of ether oxygens (including phenoxy) is 2. The Bertz CT molecular complexity index is 1740. The predicted molar refractivity (Wildman–Crippen MR) is 172 cm³/mol. The summed E-state index contributed by atoms with van der Waals surface area (Å²) in [4.78, 5) is 60.9. The summed E-state index contributed by atoms with van der Waals surface area (Å²) in [5.41, 5.74) is 2.57. The van der Waals surface area contributed by atoms with E-state index in [1.165, 1.54) is 31.2 Å². The van der Waals surface area contributed by atoms with Crippen LogP contribution in [-0.4, -0.2) is 75.8 Å². The van der Waals surface area contributed by atoms with Crippen molar-refractivity contribution in [2.45, 2.75) is 70.2 Å². The Balaban J connectivity index is 1.12. The number of hydrogen-bond donors (Lipinski definition) is 6. The molecule has 3 unspecified atom stereocenters. The lowest BCUT2D eigenvalue weighted by Crippen LogP contribution is -2.61. The summed E-state index contributed by atoms with van der Waals surface area (Å²) in [6, 6.07) is 7.82. The zero-order chi connectivity index (χ0) is 34.5. The SMILES string of the molecule is CC1OC(=O)C1NC(=O)[C@@H](C)NC(=O)CCCCCNC(=O)Cc1ccc(C2=C3C=CC(O)C=C3Oc3cc(O)ccc32)c(C(=O)O)c1. The third-order valence-electron chi connectivity index (χ3n) is 8.22. The van der Waals surface area contributed by atoms with Gasteiger partial charge in [-0.25, -0.2) is 9.59 Å². The lowest BCUT2D eigenvalue weighted by molar-refractivity contribution is -0.176. The monoisotopic (exact) mass is 659 g/mol. The molecule has 13 heteroatoms. The van der Waals surface area contributed by atoms with Crippen molar-refractivity contribution in [2.75, 3.05) is 6.54 Å². The predicted octanol–water partition coefficient (Wildman–Crippen LogP) is 2.25. The normalized spacial score (nSPS) is 19.8. The number of rotatable bonds is 13. The summed E-state index contributed by atoms with van der Waals surface area (Å²) in [7, 11) is 0. The second kappa shape index (κ2) is 14.6. The molecule has 252 valence electrons. The molecule has 2 aromatic rings. The Hall–Kier alpha value is -5.43. The van der Waals surface area contributed by atoms with Crippen LogP contribution in [0.2, 0.25) is 0 Å². The van der Waals surface area contributed by atoms with Gasteiger partial charge in [0.1, 0.15) is 29.4 Å². The standard InChI is InChI=1S/C35H37N3O10/c1-18(33(43)38-32-19(2)47-35(32)46)37-29(41)6-4-3-5-13-36-30(42)15-20-7-10-23(26(14-20)34(44)45)31-24-11-8-21(39)16-27(24)48-28-17-22(40)9-12-25(28)31/h7-12,14,16-19,21,32,39-40H,3-6,13,15H2,1-2H3,(H,36,42)(H,37,41)(H,38,43)(H,44,45)/t18-,19?,21?,32?/m1/s1. The largest absolute Gasteiger partial charge is 0.508 e. The first kappa shape index (κ1) is 33.9. The fraction of sp³-hybridized carbons (Fsp3) is 0.343. The summed E-state index contributed by atoms with van der Waals surface area (Å²) in [5.74, 6) is -2.12. The second-order valence-corrected chi connectivity index (χ2v) is 11.9. The average molecular weight is 660 g/mol. The summed E-state index contributed by atoms with van der Waals surface area (Å²) in [6.07, 6.45) is 5.39. The first-order valence-corrected chi connectivity index (χ1v) is 15.7. The first-order chi connectivity index (χ1) is 22.9. The quantitative estimate of drug-likeness (QED) is 0.137. The van der Waals surface area contributed by atoms with Crippen LogP contribution in [0.1, 0.15) is 66.6 Å². The van der Waals surface area contributed by atoms with Gasteiger partial charge in [-0.3, -0.25) is 14.4 Å². The number of phenolic OH excluding ortho intramolecular Hbond substituents is 1. The van der Waals surface area contributed by atoms with Gasteiger partial charge in [0.25, 0.3) is 0 Å². The number of nitrogens with one attached hydrogen (secondary N) is 3. The third-order valence-corrected chi connectivity index (χ3v) is 8.22. The Morgan fingerprint density at radius 3 is 2.50 bits per heavy atom. The topological polar surface area (TPSA) is 201 Å². The highest BCUT2D eigenvalue weighted by atomic mass is 16.6. The van der Waals surface area contributed by atoms with Gasteiger partial charge in [-0.15, -0.1) is 0 Å². The number of fused-ring (bicyclic) bond motifs is 2. The minimum atomic E-state index is -1.19. The number of aliphatic hydroxyl groups excluding tert-OH is 1. The molecule has 0 bridgehead atoms. The van der Waals surface area contributed by atoms with Crippen molar-refractivity contribution in [1.82, 2.24) is 16.0 Å². The Morgan fingerprint density at radius 1 is 1.00 bits per heavy atom. The van der Waals surface area contributed by atoms with Gasteiger partial charge in [-0.1, -0.05) is 30.7 Å². The molecule has 2 aliphatic heterocycles. The van der Waals surface area contributed by atoms with E-state index in [1.807, 2.05) is 0 Å². The molecule has 13 nitrogen and oxygen atoms in total. The average Bonchev–Trinajstić information content (AvgIpc) is 3.03. The number of carboxylic acids is 1. The molecule has 3 aliphatic rings. The molecule has 0 spiro atoms. The summed E-state index contributed by atoms with van der Waals surface area (Å²) < 4.78 is 10.7. The van der Waals surface area contributed by atoms with E-state index in [-0.39, 0.29) is 36.0 Å². The number of amides is 3. The lowest BCUT2D eigenvalue weighted by Gasteiger charge is -2.33. The smallest absolute Gasteiger partial charge is 0.336 e. The molecule has 5 rings (SSSR count). The molecule has 48 heavy (non-hydrogen) atoms. The van der Waals surface area contributed by atoms with Gasteiger partial charge in [-0.2, -0.15) is 0 Å². The fourth-order valence-corrected chi connectivity index (χ4v) is 5.67. The van der Waals surface area contributed by atoms with E-state index in [0.29, 0.717) is 65.2 Å². The van der Waals surface area contributed by atoms with Crippen LogP contribution in [0.15, 0.2) is 66.0 Å². The van der Waals surface area contributed by atoms with Crippen LogP contribution in [0, 0.1) is 0 Å². The number of aromatic hydroxyl groups is 1. The second-order valence-electron chi connectivity index (χ2n) is 11.9. The molecule has 0 radical (unpaired) electrons. The molecule has 2 heterocycles. The number of hydrogen-bond acceptors (Lipinski definition) is 9. The highest BCUT2D eigenvalue weighted by Crippen LogP contribution is 2.45. The highest BCUT2D eigenvalue weighted by molar-refractivity contribution is 6.01. The van der Waals surface area contributed by atoms with Gasteiger partial charge in [0.05, 0.1) is 18.1 Å². The lowest BCUT2D eigenvalue weighted by atomic mass is 9.84. The van der Waals surface area contributed by atoms with E-state index >= 15 is 0 Å². The van der Waals surface area contributed by atoms with E-state index < -0.39 is 42.1 Å². The van der Waals surface area contributed by atoms with Gasteiger partial charge < -0.3 is 40.7 Å². The van der Waals surface area contributed by atoms with Crippen LogP contribution in [-0.2, 0) is 30.3 Å². The maximum absolute atomic E-state index is 12.7. The minimum absolute atomic E-state index is 0.0206. The number of carboxylic acid groups (broad SMARTS) is 1. The van der Waals surface area contributed by atoms with Crippen molar-refractivity contribution in [3.63, 3.8) is 0 Å². The maximum atomic E-state index is 12.7. The van der Waals surface area contributed by atoms with E-state index in [1.54, 1.807) is 37.3 Å². The van der Waals surface area contributed by atoms with Crippen molar-refractivity contribution >= 4 is 35.2 Å². The summed E-state index contributed by atoms with van der Waals surface area (Å²) in [6.45, 7) is 3.57. The van der Waals surface area contributed by atoms with Gasteiger partial charge in [-0.05, 0) is 62.1 Å². The van der Waals surface area contributed by atoms with Crippen LogP contribution in [0.5, 0.6) is 11.5 Å². The van der Waals surface area contributed by atoms with Gasteiger partial charge in [0.2, 0.25) is 17.7 Å². The number of carbonyl (C=O) groups is 5. The van der Waals surface area contributed by atoms with Crippen molar-refractivity contribution in [1.29, 1.82) is 0 Å². The number of allylic oxidation sites excluding steroid dienone is 1. The molecule has 0 aromatic heterocycles. The third kappa shape index (κ3) is 7.74. The van der Waals surface area contributed by atoms with Crippen LogP contribution in [0.4, 0.5) is 0 Å². The molecule has 1 saturated heterocycles. The van der Waals surface area contributed by atoms with E-state index in [0.717, 1.165) is 0 Å². The number of benzene rings is 2. The number of esters is 1. The highest BCUT2D eigenvalue weighted by Gasteiger charge is 2.41. The molecule has 2 aromatic carbocycles. The van der Waals surface area contributed by atoms with E-state index in [2.05, 4.69) is 16.0 Å². The molecular formula is C35H37N3O10. The van der Waals surface area contributed by atoms with Gasteiger partial charge >= 0.3 is 11.9 Å². The molecule has 1 aliphatic carbocycles. The van der Waals surface area contributed by atoms with E-state index in [9.17, 15) is 39.3 Å². The Labute approximate surface area is 276 Å². The molecular weight excluding hydrogens is 622 g/mol. The number of aromatic carboxylic acids is 1. The minimum Gasteiger partial charge on any atom is -0.508 e. The Morgan fingerprint density at radius 2 is 1.77 bits per heavy atom. The van der Waals surface area contributed by atoms with Crippen LogP contribution >= 0.6 is 0 Å². The van der Waals surface area contributed by atoms with Crippen molar-refractivity contribution in [2.24, 2.45) is 0 Å². The molecule has 6 N–H and O–H groups in total. The van der Waals surface area contributed by atoms with Crippen LogP contribution in [0.25, 0.3) is 5.57 Å². The van der Waals surface area contributed by atoms with Crippen LogP contribution < -0.4 is 20.7 Å². The summed E-state index contributed by atoms with van der Waals surface area (Å²) >= 11 is 0. The first-order valence-electron chi connectivity index (χ1n) is 15.7. The number of phenols is 1. The zero-order valence-corrected chi connectivity index (χ0v) is 26.4. The number of unbranched alkanes of at least 4 members (excludes halogenated alkanes) is 2. The van der Waals surface area contributed by atoms with Gasteiger partial charge in [0.15, 0.2) is 6.04 Å². The Kier molecular flexibility index (Phi) is 10.3. The van der Waals surface area contributed by atoms with E-state index in [4.69, 9.17) is 9.47 Å². The number of aliphatic hydroxyl groups is 1. The van der Waals surface area contributed by atoms with Crippen LogP contribution in [0.3, 0.4) is 0 Å². The zero-order valence-electron chi connectivity index (χ0n) is 26.4. The van der Waals surface area contributed by atoms with Gasteiger partial charge in [0, 0.05) is 35.7 Å². The molecule has 1 fully saturated rings. The fourth-order valence-electron chi connectivity index (χ4n) is 5.67. The maximum Gasteiger partial charge on any atom is 0.336 e. The number of carbonyl (C=O) groups excluding carboxylic acids is 4.